The number of nitrogens with zero attached hydrogens (tertiary/aromatic N) is 1. The lowest BCUT2D eigenvalue weighted by Crippen LogP contribution is -2.44. The molecule has 0 radical (unpaired) electrons. The van der Waals surface area contributed by atoms with Crippen molar-refractivity contribution >= 4 is 11.9 Å². The summed E-state index contributed by atoms with van der Waals surface area (Å²) in [6.07, 6.45) is 6.71. The van der Waals surface area contributed by atoms with Crippen LogP contribution in [0.3, 0.4) is 0 Å². The molecule has 2 nitrogen and oxygen atoms in total. The van der Waals surface area contributed by atoms with E-state index in [1.54, 1.807) is 0 Å². The van der Waals surface area contributed by atoms with E-state index in [2.05, 4.69) is 37.8 Å². The van der Waals surface area contributed by atoms with E-state index in [1.807, 2.05) is 18.2 Å². The van der Waals surface area contributed by atoms with Crippen LogP contribution in [0.5, 0.6) is 0 Å². The van der Waals surface area contributed by atoms with E-state index in [-0.39, 0.29) is 5.41 Å². The largest absolute Gasteiger partial charge is 0.374 e. The number of fused-ring (bicyclic) bond motifs is 1. The monoisotopic (exact) mass is 297 g/mol. The fourth-order valence-electron chi connectivity index (χ4n) is 3.98. The number of carbonyl (C=O) groups excluding carboxylic acids is 1. The number of likely N-dealkylation sites (tertiary alicyclic amines) is 1. The van der Waals surface area contributed by atoms with E-state index in [9.17, 15) is 4.79 Å². The molecule has 1 aromatic carbocycles. The van der Waals surface area contributed by atoms with Crippen LogP contribution in [0.15, 0.2) is 30.0 Å². The van der Waals surface area contributed by atoms with Gasteiger partial charge in [0.25, 0.3) is 0 Å². The maximum atomic E-state index is 13.2. The van der Waals surface area contributed by atoms with Crippen molar-refractivity contribution in [3.8, 4) is 0 Å². The second-order valence-electron chi connectivity index (χ2n) is 7.20. The summed E-state index contributed by atoms with van der Waals surface area (Å²) in [5.74, 6) is 1.11. The van der Waals surface area contributed by atoms with Crippen molar-refractivity contribution in [2.75, 3.05) is 13.1 Å². The molecule has 0 aromatic heterocycles. The predicted octanol–water partition coefficient (Wildman–Crippen LogP) is 4.76. The summed E-state index contributed by atoms with van der Waals surface area (Å²) >= 11 is 0. The molecule has 0 N–H and O–H groups in total. The number of ketones is 1. The summed E-state index contributed by atoms with van der Waals surface area (Å²) in [6.45, 7) is 8.83. The molecule has 0 amide bonds. The Labute approximate surface area is 134 Å². The number of hydrogen-bond acceptors (Lipinski definition) is 2. The summed E-state index contributed by atoms with van der Waals surface area (Å²) in [5, 5.41) is 0. The first kappa shape index (κ1) is 15.3. The standard InChI is InChI=1S/C20H27NO/c1-4-11-20(3)18(21-12-9-15(2)10-13-21)14-16-7-5-6-8-17(16)19(20)22/h5-8,14-15H,4,9-13H2,1-3H3. The minimum atomic E-state index is -0.357. The lowest BCUT2D eigenvalue weighted by molar-refractivity contribution is 0.0782. The first-order valence-corrected chi connectivity index (χ1v) is 8.67. The fourth-order valence-corrected chi connectivity index (χ4v) is 3.98. The van der Waals surface area contributed by atoms with Crippen LogP contribution in [0.4, 0.5) is 0 Å². The van der Waals surface area contributed by atoms with Gasteiger partial charge in [-0.2, -0.15) is 0 Å². The number of rotatable bonds is 3. The predicted molar refractivity (Wildman–Crippen MR) is 91.7 cm³/mol. The van der Waals surface area contributed by atoms with E-state index in [0.29, 0.717) is 5.78 Å². The molecule has 1 saturated heterocycles. The normalized spacial score (nSPS) is 25.9. The first-order valence-electron chi connectivity index (χ1n) is 8.67. The molecular formula is C20H27NO. The van der Waals surface area contributed by atoms with Crippen molar-refractivity contribution in [3.63, 3.8) is 0 Å². The van der Waals surface area contributed by atoms with Crippen molar-refractivity contribution in [3.05, 3.63) is 41.1 Å². The van der Waals surface area contributed by atoms with Crippen molar-refractivity contribution in [2.45, 2.75) is 46.5 Å². The number of carbonyl (C=O) groups is 1. The van der Waals surface area contributed by atoms with Crippen LogP contribution in [0, 0.1) is 11.3 Å². The lowest BCUT2D eigenvalue weighted by Gasteiger charge is -2.44. The molecule has 1 atom stereocenters. The van der Waals surface area contributed by atoms with Crippen molar-refractivity contribution in [1.29, 1.82) is 0 Å². The quantitative estimate of drug-likeness (QED) is 0.801. The lowest BCUT2D eigenvalue weighted by atomic mass is 9.70. The summed E-state index contributed by atoms with van der Waals surface area (Å²) < 4.78 is 0. The number of Topliss-reactive ketones (excluding diaryl/α,β-unsaturated/α-hetero) is 1. The number of piperidine rings is 1. The molecule has 2 aliphatic rings. The zero-order chi connectivity index (χ0) is 15.7. The van der Waals surface area contributed by atoms with Crippen LogP contribution in [-0.4, -0.2) is 23.8 Å². The molecule has 1 heterocycles. The van der Waals surface area contributed by atoms with Gasteiger partial charge >= 0.3 is 0 Å². The van der Waals surface area contributed by atoms with Crippen molar-refractivity contribution in [2.24, 2.45) is 11.3 Å². The van der Waals surface area contributed by atoms with Gasteiger partial charge < -0.3 is 4.90 Å². The van der Waals surface area contributed by atoms with Crippen LogP contribution < -0.4 is 0 Å². The second-order valence-corrected chi connectivity index (χ2v) is 7.20. The zero-order valence-electron chi connectivity index (χ0n) is 14.1. The van der Waals surface area contributed by atoms with Gasteiger partial charge in [0.2, 0.25) is 0 Å². The van der Waals surface area contributed by atoms with E-state index in [1.165, 1.54) is 18.5 Å². The van der Waals surface area contributed by atoms with E-state index >= 15 is 0 Å². The molecule has 1 aliphatic heterocycles. The van der Waals surface area contributed by atoms with Gasteiger partial charge in [0.1, 0.15) is 0 Å². The molecule has 0 bridgehead atoms. The molecule has 1 aromatic rings. The molecular weight excluding hydrogens is 270 g/mol. The third-order valence-corrected chi connectivity index (χ3v) is 5.44. The number of hydrogen-bond donors (Lipinski definition) is 0. The Morgan fingerprint density at radius 3 is 2.59 bits per heavy atom. The Kier molecular flexibility index (Phi) is 4.12. The minimum Gasteiger partial charge on any atom is -0.374 e. The highest BCUT2D eigenvalue weighted by molar-refractivity contribution is 6.07. The Balaban J connectivity index is 2.03. The van der Waals surface area contributed by atoms with Gasteiger partial charge in [-0.15, -0.1) is 0 Å². The molecule has 0 spiro atoms. The molecule has 118 valence electrons. The average molecular weight is 297 g/mol. The molecule has 3 rings (SSSR count). The molecule has 1 unspecified atom stereocenters. The van der Waals surface area contributed by atoms with Crippen molar-refractivity contribution in [1.82, 2.24) is 4.90 Å². The van der Waals surface area contributed by atoms with Crippen LogP contribution in [0.2, 0.25) is 0 Å². The van der Waals surface area contributed by atoms with Gasteiger partial charge in [-0.1, -0.05) is 44.5 Å². The van der Waals surface area contributed by atoms with Gasteiger partial charge in [-0.05, 0) is 43.7 Å². The first-order chi connectivity index (χ1) is 10.6. The van der Waals surface area contributed by atoms with Gasteiger partial charge in [-0.25, -0.2) is 0 Å². The van der Waals surface area contributed by atoms with Crippen molar-refractivity contribution < 1.29 is 4.79 Å². The van der Waals surface area contributed by atoms with E-state index in [0.717, 1.165) is 43.0 Å². The van der Waals surface area contributed by atoms with Crippen LogP contribution in [0.1, 0.15) is 62.4 Å². The number of benzene rings is 1. The topological polar surface area (TPSA) is 20.3 Å². The zero-order valence-corrected chi connectivity index (χ0v) is 14.1. The highest BCUT2D eigenvalue weighted by atomic mass is 16.1. The van der Waals surface area contributed by atoms with Crippen LogP contribution in [0.25, 0.3) is 6.08 Å². The van der Waals surface area contributed by atoms with E-state index in [4.69, 9.17) is 0 Å². The van der Waals surface area contributed by atoms with E-state index < -0.39 is 0 Å². The summed E-state index contributed by atoms with van der Waals surface area (Å²) in [5.41, 5.74) is 2.89. The highest BCUT2D eigenvalue weighted by Gasteiger charge is 2.43. The Hall–Kier alpha value is -1.57. The average Bonchev–Trinajstić information content (AvgIpc) is 2.52. The fraction of sp³-hybridized carbons (Fsp3) is 0.550. The molecule has 0 saturated carbocycles. The Bertz CT molecular complexity index is 595. The number of allylic oxidation sites excluding steroid dienone is 1. The van der Waals surface area contributed by atoms with Gasteiger partial charge in [0, 0.05) is 24.4 Å². The maximum absolute atomic E-state index is 13.2. The molecule has 2 heteroatoms. The summed E-state index contributed by atoms with van der Waals surface area (Å²) in [7, 11) is 0. The third-order valence-electron chi connectivity index (χ3n) is 5.44. The van der Waals surface area contributed by atoms with Gasteiger partial charge in [-0.3, -0.25) is 4.79 Å². The maximum Gasteiger partial charge on any atom is 0.175 e. The van der Waals surface area contributed by atoms with Crippen LogP contribution >= 0.6 is 0 Å². The Morgan fingerprint density at radius 2 is 1.91 bits per heavy atom. The molecule has 1 aliphatic carbocycles. The minimum absolute atomic E-state index is 0.307. The molecule has 22 heavy (non-hydrogen) atoms. The third kappa shape index (κ3) is 2.49. The van der Waals surface area contributed by atoms with Gasteiger partial charge in [0.15, 0.2) is 5.78 Å². The van der Waals surface area contributed by atoms with Crippen LogP contribution in [-0.2, 0) is 0 Å². The SMILES string of the molecule is CCCC1(C)C(=O)c2ccccc2C=C1N1CCC(C)CC1. The molecule has 1 fully saturated rings. The summed E-state index contributed by atoms with van der Waals surface area (Å²) in [4.78, 5) is 15.7. The highest BCUT2D eigenvalue weighted by Crippen LogP contribution is 2.44. The Morgan fingerprint density at radius 1 is 1.23 bits per heavy atom. The summed E-state index contributed by atoms with van der Waals surface area (Å²) in [6, 6.07) is 8.06. The van der Waals surface area contributed by atoms with Gasteiger partial charge in [0.05, 0.1) is 5.41 Å². The second kappa shape index (κ2) is 5.91. The smallest absolute Gasteiger partial charge is 0.175 e.